The summed E-state index contributed by atoms with van der Waals surface area (Å²) in [5.74, 6) is 1.44. The number of halogens is 3. The van der Waals surface area contributed by atoms with Crippen LogP contribution in [0.4, 0.5) is 19.0 Å². The molecule has 30 heavy (non-hydrogen) atoms. The molecule has 9 heteroatoms. The van der Waals surface area contributed by atoms with Gasteiger partial charge in [-0.05, 0) is 30.7 Å². The Morgan fingerprint density at radius 2 is 1.97 bits per heavy atom. The van der Waals surface area contributed by atoms with Gasteiger partial charge in [0.2, 0.25) is 0 Å². The number of nitrogens with zero attached hydrogens (tertiary/aromatic N) is 3. The summed E-state index contributed by atoms with van der Waals surface area (Å²) < 4.78 is 44.1. The Morgan fingerprint density at radius 3 is 2.70 bits per heavy atom. The summed E-state index contributed by atoms with van der Waals surface area (Å²) in [6, 6.07) is 9.12. The lowest BCUT2D eigenvalue weighted by Gasteiger charge is -2.29. The zero-order valence-electron chi connectivity index (χ0n) is 16.9. The summed E-state index contributed by atoms with van der Waals surface area (Å²) in [7, 11) is 0. The van der Waals surface area contributed by atoms with Gasteiger partial charge in [0.15, 0.2) is 5.96 Å². The maximum atomic E-state index is 12.9. The molecule has 6 nitrogen and oxygen atoms in total. The Bertz CT molecular complexity index is 851. The molecule has 0 saturated carbocycles. The first kappa shape index (κ1) is 21.9. The van der Waals surface area contributed by atoms with Crippen molar-refractivity contribution >= 4 is 11.8 Å². The molecule has 0 bridgehead atoms. The molecular weight excluding hydrogens is 395 g/mol. The first-order valence-corrected chi connectivity index (χ1v) is 9.92. The highest BCUT2D eigenvalue weighted by Crippen LogP contribution is 2.29. The standard InChI is InChI=1S/C21H26F3N5O/c1-2-25-20(27-14-16-5-3-7-18(13-16)21(22,23)24)28-15-17-6-4-8-26-19(17)29-9-11-30-12-10-29/h3-8,13H,2,9-12,14-15H2,1H3,(H2,25,27,28). The maximum Gasteiger partial charge on any atom is 0.416 e. The van der Waals surface area contributed by atoms with E-state index in [1.54, 1.807) is 12.3 Å². The normalized spacial score (nSPS) is 15.2. The van der Waals surface area contributed by atoms with Crippen molar-refractivity contribution in [3.63, 3.8) is 0 Å². The second-order valence-corrected chi connectivity index (χ2v) is 6.83. The van der Waals surface area contributed by atoms with Crippen molar-refractivity contribution in [1.29, 1.82) is 0 Å². The number of morpholine rings is 1. The molecule has 1 fully saturated rings. The lowest BCUT2D eigenvalue weighted by atomic mass is 10.1. The van der Waals surface area contributed by atoms with Gasteiger partial charge in [-0.3, -0.25) is 0 Å². The van der Waals surface area contributed by atoms with Crippen molar-refractivity contribution in [2.45, 2.75) is 26.2 Å². The second-order valence-electron chi connectivity index (χ2n) is 6.83. The third kappa shape index (κ3) is 6.09. The van der Waals surface area contributed by atoms with E-state index >= 15 is 0 Å². The number of benzene rings is 1. The molecule has 0 unspecified atom stereocenters. The Balaban J connectivity index is 1.68. The number of nitrogens with one attached hydrogen (secondary N) is 2. The molecule has 0 aliphatic carbocycles. The van der Waals surface area contributed by atoms with Gasteiger partial charge in [0, 0.05) is 37.9 Å². The van der Waals surface area contributed by atoms with Crippen molar-refractivity contribution in [1.82, 2.24) is 15.6 Å². The number of aliphatic imine (C=N–C) groups is 1. The first-order valence-electron chi connectivity index (χ1n) is 9.92. The molecule has 1 aromatic heterocycles. The van der Waals surface area contributed by atoms with Crippen LogP contribution in [0.5, 0.6) is 0 Å². The predicted molar refractivity (Wildman–Crippen MR) is 110 cm³/mol. The molecule has 3 rings (SSSR count). The Hall–Kier alpha value is -2.81. The van der Waals surface area contributed by atoms with Crippen LogP contribution >= 0.6 is 0 Å². The number of hydrogen-bond donors (Lipinski definition) is 2. The third-order valence-electron chi connectivity index (χ3n) is 4.64. The Morgan fingerprint density at radius 1 is 1.17 bits per heavy atom. The van der Waals surface area contributed by atoms with Gasteiger partial charge in [0.25, 0.3) is 0 Å². The van der Waals surface area contributed by atoms with Crippen LogP contribution < -0.4 is 15.5 Å². The number of alkyl halides is 3. The summed E-state index contributed by atoms with van der Waals surface area (Å²) in [5.41, 5.74) is 0.847. The Labute approximate surface area is 174 Å². The molecular formula is C21H26F3N5O. The lowest BCUT2D eigenvalue weighted by molar-refractivity contribution is -0.137. The van der Waals surface area contributed by atoms with Gasteiger partial charge in [0.05, 0.1) is 25.3 Å². The van der Waals surface area contributed by atoms with Crippen LogP contribution in [-0.2, 0) is 24.0 Å². The largest absolute Gasteiger partial charge is 0.416 e. The molecule has 0 spiro atoms. The van der Waals surface area contributed by atoms with Gasteiger partial charge in [0.1, 0.15) is 5.82 Å². The minimum absolute atomic E-state index is 0.141. The van der Waals surface area contributed by atoms with Crippen molar-refractivity contribution in [3.05, 3.63) is 59.3 Å². The van der Waals surface area contributed by atoms with E-state index in [-0.39, 0.29) is 6.54 Å². The lowest BCUT2D eigenvalue weighted by Crippen LogP contribution is -2.39. The minimum Gasteiger partial charge on any atom is -0.378 e. The molecule has 0 atom stereocenters. The van der Waals surface area contributed by atoms with Crippen molar-refractivity contribution in [2.24, 2.45) is 4.99 Å². The summed E-state index contributed by atoms with van der Waals surface area (Å²) >= 11 is 0. The fraction of sp³-hybridized carbons (Fsp3) is 0.429. The summed E-state index contributed by atoms with van der Waals surface area (Å²) in [5, 5.41) is 6.38. The fourth-order valence-corrected chi connectivity index (χ4v) is 3.17. The minimum atomic E-state index is -4.36. The molecule has 1 saturated heterocycles. The molecule has 1 aromatic carbocycles. The predicted octanol–water partition coefficient (Wildman–Crippen LogP) is 3.19. The summed E-state index contributed by atoms with van der Waals surface area (Å²) in [4.78, 5) is 11.1. The molecule has 0 radical (unpaired) electrons. The number of pyridine rings is 1. The van der Waals surface area contributed by atoms with Crippen LogP contribution in [0.2, 0.25) is 0 Å². The molecule has 1 aliphatic heterocycles. The monoisotopic (exact) mass is 421 g/mol. The fourth-order valence-electron chi connectivity index (χ4n) is 3.17. The number of guanidine groups is 1. The van der Waals surface area contributed by atoms with E-state index < -0.39 is 11.7 Å². The highest BCUT2D eigenvalue weighted by Gasteiger charge is 2.30. The van der Waals surface area contributed by atoms with Crippen LogP contribution in [-0.4, -0.2) is 43.8 Å². The average Bonchev–Trinajstić information content (AvgIpc) is 2.76. The van der Waals surface area contributed by atoms with E-state index in [4.69, 9.17) is 4.74 Å². The molecule has 162 valence electrons. The van der Waals surface area contributed by atoms with E-state index in [0.717, 1.165) is 36.6 Å². The van der Waals surface area contributed by atoms with Crippen LogP contribution in [0.15, 0.2) is 47.6 Å². The first-order chi connectivity index (χ1) is 14.5. The number of hydrogen-bond acceptors (Lipinski definition) is 4. The van der Waals surface area contributed by atoms with E-state index in [1.165, 1.54) is 6.07 Å². The summed E-state index contributed by atoms with van der Waals surface area (Å²) in [6.07, 6.45) is -2.60. The van der Waals surface area contributed by atoms with E-state index in [9.17, 15) is 13.2 Å². The number of aromatic nitrogens is 1. The quantitative estimate of drug-likeness (QED) is 0.554. The topological polar surface area (TPSA) is 61.8 Å². The number of rotatable bonds is 6. The van der Waals surface area contributed by atoms with Gasteiger partial charge in [-0.2, -0.15) is 13.2 Å². The van der Waals surface area contributed by atoms with Crippen molar-refractivity contribution < 1.29 is 17.9 Å². The van der Waals surface area contributed by atoms with Gasteiger partial charge in [-0.1, -0.05) is 18.2 Å². The molecule has 2 aromatic rings. The zero-order chi connectivity index (χ0) is 21.4. The van der Waals surface area contributed by atoms with Gasteiger partial charge in [-0.15, -0.1) is 0 Å². The van der Waals surface area contributed by atoms with Gasteiger partial charge < -0.3 is 20.3 Å². The zero-order valence-corrected chi connectivity index (χ0v) is 16.9. The van der Waals surface area contributed by atoms with E-state index in [2.05, 4.69) is 25.5 Å². The highest BCUT2D eigenvalue weighted by atomic mass is 19.4. The molecule has 2 heterocycles. The second kappa shape index (κ2) is 10.3. The van der Waals surface area contributed by atoms with Crippen LogP contribution in [0, 0.1) is 0 Å². The third-order valence-corrected chi connectivity index (χ3v) is 4.64. The van der Waals surface area contributed by atoms with Gasteiger partial charge >= 0.3 is 6.18 Å². The average molecular weight is 421 g/mol. The number of anilines is 1. The van der Waals surface area contributed by atoms with Crippen LogP contribution in [0.25, 0.3) is 0 Å². The van der Waals surface area contributed by atoms with E-state index in [1.807, 2.05) is 19.1 Å². The molecule has 0 amide bonds. The highest BCUT2D eigenvalue weighted by molar-refractivity contribution is 5.79. The maximum absolute atomic E-state index is 12.9. The van der Waals surface area contributed by atoms with Crippen molar-refractivity contribution in [2.75, 3.05) is 37.7 Å². The SMILES string of the molecule is CCNC(=NCc1cccc(C(F)(F)F)c1)NCc1cccnc1N1CCOCC1. The number of ether oxygens (including phenoxy) is 1. The van der Waals surface area contributed by atoms with E-state index in [0.29, 0.717) is 37.8 Å². The summed E-state index contributed by atoms with van der Waals surface area (Å²) in [6.45, 7) is 6.12. The molecule has 2 N–H and O–H groups in total. The van der Waals surface area contributed by atoms with Crippen LogP contribution in [0.1, 0.15) is 23.6 Å². The smallest absolute Gasteiger partial charge is 0.378 e. The van der Waals surface area contributed by atoms with Crippen LogP contribution in [0.3, 0.4) is 0 Å². The van der Waals surface area contributed by atoms with Crippen molar-refractivity contribution in [3.8, 4) is 0 Å². The Kier molecular flexibility index (Phi) is 7.51. The molecule has 1 aliphatic rings. The van der Waals surface area contributed by atoms with Gasteiger partial charge in [-0.25, -0.2) is 9.98 Å².